The number of carbonyl (C=O) groups is 1. The molecule has 0 spiro atoms. The Kier molecular flexibility index (Phi) is 7.73. The van der Waals surface area contributed by atoms with Crippen molar-refractivity contribution in [1.29, 1.82) is 0 Å². The summed E-state index contributed by atoms with van der Waals surface area (Å²) in [6.07, 6.45) is 2.58. The third kappa shape index (κ3) is 5.98. The van der Waals surface area contributed by atoms with Crippen LogP contribution in [0.15, 0.2) is 53.1 Å². The van der Waals surface area contributed by atoms with Crippen molar-refractivity contribution in [2.75, 3.05) is 37.9 Å². The maximum atomic E-state index is 12.4. The summed E-state index contributed by atoms with van der Waals surface area (Å²) in [6, 6.07) is 12.1. The smallest absolute Gasteiger partial charge is 0.323 e. The Morgan fingerprint density at radius 1 is 1.23 bits per heavy atom. The zero-order valence-electron chi connectivity index (χ0n) is 16.7. The first kappa shape index (κ1) is 22.1. The van der Waals surface area contributed by atoms with Gasteiger partial charge in [0.05, 0.1) is 33.7 Å². The van der Waals surface area contributed by atoms with Crippen LogP contribution in [0, 0.1) is 0 Å². The van der Waals surface area contributed by atoms with Crippen molar-refractivity contribution in [3.05, 3.63) is 58.2 Å². The fourth-order valence-corrected chi connectivity index (χ4v) is 3.39. The third-order valence-electron chi connectivity index (χ3n) is 4.23. The Balaban J connectivity index is 1.76. The number of aromatic nitrogens is 2. The zero-order chi connectivity index (χ0) is 21.5. The lowest BCUT2D eigenvalue weighted by atomic mass is 10.1. The number of amides is 2. The molecule has 1 heterocycles. The molecule has 2 aromatic carbocycles. The van der Waals surface area contributed by atoms with E-state index in [1.165, 1.54) is 0 Å². The number of benzene rings is 2. The molecule has 3 N–H and O–H groups in total. The lowest BCUT2D eigenvalue weighted by Gasteiger charge is -2.15. The number of rotatable bonds is 8. The Morgan fingerprint density at radius 3 is 2.73 bits per heavy atom. The minimum atomic E-state index is -0.391. The van der Waals surface area contributed by atoms with Crippen LogP contribution in [0.3, 0.4) is 0 Å². The highest BCUT2D eigenvalue weighted by Gasteiger charge is 2.14. The van der Waals surface area contributed by atoms with Crippen molar-refractivity contribution in [2.45, 2.75) is 6.42 Å². The molecular formula is C21H23BrClN5O2. The Labute approximate surface area is 188 Å². The summed E-state index contributed by atoms with van der Waals surface area (Å²) in [6.45, 7) is 1.52. The summed E-state index contributed by atoms with van der Waals surface area (Å²) < 4.78 is 6.80. The van der Waals surface area contributed by atoms with Crippen LogP contribution in [0.4, 0.5) is 16.2 Å². The van der Waals surface area contributed by atoms with Gasteiger partial charge in [0.1, 0.15) is 5.75 Å². The molecule has 30 heavy (non-hydrogen) atoms. The Hall–Kier alpha value is -2.55. The van der Waals surface area contributed by atoms with Crippen LogP contribution >= 0.6 is 27.5 Å². The average molecular weight is 493 g/mol. The van der Waals surface area contributed by atoms with Crippen molar-refractivity contribution in [3.8, 4) is 17.0 Å². The molecule has 0 fully saturated rings. The van der Waals surface area contributed by atoms with E-state index in [0.29, 0.717) is 28.8 Å². The number of H-pyrrole nitrogens is 1. The highest BCUT2D eigenvalue weighted by molar-refractivity contribution is 9.10. The predicted molar refractivity (Wildman–Crippen MR) is 124 cm³/mol. The molecule has 0 aliphatic rings. The third-order valence-corrected chi connectivity index (χ3v) is 5.16. The van der Waals surface area contributed by atoms with Gasteiger partial charge in [-0.15, -0.1) is 0 Å². The second kappa shape index (κ2) is 10.5. The Morgan fingerprint density at radius 2 is 2.03 bits per heavy atom. The number of hydrogen-bond acceptors (Lipinski definition) is 4. The number of halogens is 2. The van der Waals surface area contributed by atoms with E-state index in [1.54, 1.807) is 36.5 Å². The van der Waals surface area contributed by atoms with E-state index in [1.807, 2.05) is 26.2 Å². The van der Waals surface area contributed by atoms with Gasteiger partial charge < -0.3 is 20.3 Å². The molecule has 3 aromatic rings. The molecule has 0 bridgehead atoms. The van der Waals surface area contributed by atoms with Crippen molar-refractivity contribution in [2.24, 2.45) is 0 Å². The molecule has 1 aromatic heterocycles. The van der Waals surface area contributed by atoms with Gasteiger partial charge in [-0.3, -0.25) is 5.10 Å². The molecule has 0 unspecified atom stereocenters. The Bertz CT molecular complexity index is 1010. The number of carbonyl (C=O) groups excluding carboxylic acids is 1. The highest BCUT2D eigenvalue weighted by atomic mass is 79.9. The zero-order valence-corrected chi connectivity index (χ0v) is 19.0. The normalized spacial score (nSPS) is 10.8. The number of aromatic amines is 1. The van der Waals surface area contributed by atoms with Gasteiger partial charge in [-0.2, -0.15) is 5.10 Å². The fourth-order valence-electron chi connectivity index (χ4n) is 2.80. The van der Waals surface area contributed by atoms with Gasteiger partial charge in [0, 0.05) is 17.8 Å². The van der Waals surface area contributed by atoms with Crippen LogP contribution in [-0.2, 0) is 0 Å². The summed E-state index contributed by atoms with van der Waals surface area (Å²) in [5, 5.41) is 13.1. The van der Waals surface area contributed by atoms with Crippen molar-refractivity contribution in [1.82, 2.24) is 15.1 Å². The first-order valence-corrected chi connectivity index (χ1v) is 10.5. The molecular weight excluding hydrogens is 470 g/mol. The molecule has 0 atom stereocenters. The molecule has 0 aliphatic carbocycles. The average Bonchev–Trinajstić information content (AvgIpc) is 3.13. The second-order valence-electron chi connectivity index (χ2n) is 6.87. The monoisotopic (exact) mass is 491 g/mol. The molecule has 0 saturated carbocycles. The van der Waals surface area contributed by atoms with Gasteiger partial charge in [0.15, 0.2) is 0 Å². The summed E-state index contributed by atoms with van der Waals surface area (Å²) in [5.41, 5.74) is 2.71. The van der Waals surface area contributed by atoms with E-state index in [2.05, 4.69) is 41.7 Å². The number of hydrogen-bond donors (Lipinski definition) is 3. The highest BCUT2D eigenvalue weighted by Crippen LogP contribution is 2.35. The quantitative estimate of drug-likeness (QED) is 0.364. The van der Waals surface area contributed by atoms with Crippen LogP contribution in [-0.4, -0.2) is 48.4 Å². The molecule has 0 saturated heterocycles. The predicted octanol–water partition coefficient (Wildman–Crippen LogP) is 5.47. The molecule has 2 amide bonds. The second-order valence-corrected chi connectivity index (χ2v) is 8.13. The molecule has 0 aliphatic heterocycles. The van der Waals surface area contributed by atoms with Gasteiger partial charge >= 0.3 is 6.03 Å². The number of ether oxygens (including phenoxy) is 1. The minimum Gasteiger partial charge on any atom is -0.493 e. The molecule has 7 nitrogen and oxygen atoms in total. The van der Waals surface area contributed by atoms with E-state index < -0.39 is 6.03 Å². The summed E-state index contributed by atoms with van der Waals surface area (Å²) >= 11 is 9.60. The van der Waals surface area contributed by atoms with Crippen molar-refractivity contribution >= 4 is 44.9 Å². The number of nitrogens with one attached hydrogen (secondary N) is 3. The maximum absolute atomic E-state index is 12.4. The van der Waals surface area contributed by atoms with Gasteiger partial charge in [-0.25, -0.2) is 4.79 Å². The van der Waals surface area contributed by atoms with Gasteiger partial charge in [-0.05, 0) is 66.8 Å². The van der Waals surface area contributed by atoms with Gasteiger partial charge in [0.2, 0.25) is 0 Å². The molecule has 158 valence electrons. The largest absolute Gasteiger partial charge is 0.493 e. The summed E-state index contributed by atoms with van der Waals surface area (Å²) in [4.78, 5) is 14.5. The van der Waals surface area contributed by atoms with E-state index in [4.69, 9.17) is 16.3 Å². The minimum absolute atomic E-state index is 0.391. The van der Waals surface area contributed by atoms with E-state index in [0.717, 1.165) is 28.7 Å². The topological polar surface area (TPSA) is 82.3 Å². The number of urea groups is 1. The molecule has 9 heteroatoms. The summed E-state index contributed by atoms with van der Waals surface area (Å²) in [7, 11) is 4.06. The number of para-hydroxylation sites is 1. The first-order valence-electron chi connectivity index (χ1n) is 9.37. The first-order chi connectivity index (χ1) is 14.4. The number of anilines is 2. The van der Waals surface area contributed by atoms with Crippen LogP contribution in [0.1, 0.15) is 6.42 Å². The summed E-state index contributed by atoms with van der Waals surface area (Å²) in [5.74, 6) is 0.704. The molecule has 0 radical (unpaired) electrons. The molecule has 3 rings (SSSR count). The van der Waals surface area contributed by atoms with Crippen molar-refractivity contribution < 1.29 is 9.53 Å². The van der Waals surface area contributed by atoms with Crippen LogP contribution < -0.4 is 15.4 Å². The van der Waals surface area contributed by atoms with Gasteiger partial charge in [-0.1, -0.05) is 23.7 Å². The SMILES string of the molecule is CN(C)CCCOc1ccc(NC(=O)Nc2ccccc2Cl)cc1-c1[nH]ncc1Br. The lowest BCUT2D eigenvalue weighted by molar-refractivity contribution is 0.262. The van der Waals surface area contributed by atoms with Crippen LogP contribution in [0.25, 0.3) is 11.3 Å². The van der Waals surface area contributed by atoms with Crippen molar-refractivity contribution in [3.63, 3.8) is 0 Å². The van der Waals surface area contributed by atoms with E-state index >= 15 is 0 Å². The van der Waals surface area contributed by atoms with Crippen LogP contribution in [0.2, 0.25) is 5.02 Å². The fraction of sp³-hybridized carbons (Fsp3) is 0.238. The van der Waals surface area contributed by atoms with E-state index in [9.17, 15) is 4.79 Å². The van der Waals surface area contributed by atoms with Gasteiger partial charge in [0.25, 0.3) is 0 Å². The maximum Gasteiger partial charge on any atom is 0.323 e. The lowest BCUT2D eigenvalue weighted by Crippen LogP contribution is -2.19. The number of nitrogens with zero attached hydrogens (tertiary/aromatic N) is 2. The standard InChI is InChI=1S/C21H23BrClN5O2/c1-28(2)10-5-11-30-19-9-8-14(12-15(19)20-16(22)13-24-27-20)25-21(29)26-18-7-4-3-6-17(18)23/h3-4,6-9,12-13H,5,10-11H2,1-2H3,(H,24,27)(H2,25,26,29). The van der Waals surface area contributed by atoms with Crippen LogP contribution in [0.5, 0.6) is 5.75 Å². The van der Waals surface area contributed by atoms with E-state index in [-0.39, 0.29) is 0 Å².